The van der Waals surface area contributed by atoms with Crippen LogP contribution in [0.4, 0.5) is 0 Å². The van der Waals surface area contributed by atoms with Gasteiger partial charge in [0.15, 0.2) is 6.29 Å². The number of amides is 1. The predicted octanol–water partition coefficient (Wildman–Crippen LogP) is 19.4. The second kappa shape index (κ2) is 61.5. The highest BCUT2D eigenvalue weighted by Crippen LogP contribution is 2.23. The van der Waals surface area contributed by atoms with Gasteiger partial charge in [0, 0.05) is 6.42 Å². The van der Waals surface area contributed by atoms with Crippen LogP contribution in [0.5, 0.6) is 0 Å². The molecule has 0 aromatic rings. The number of hydrogen-bond donors (Lipinski definition) is 6. The molecular weight excluding hydrogens is 1010 g/mol. The number of nitrogens with one attached hydrogen (secondary N) is 1. The highest BCUT2D eigenvalue weighted by atomic mass is 16.7. The van der Waals surface area contributed by atoms with Crippen molar-refractivity contribution in [1.29, 1.82) is 0 Å². The zero-order chi connectivity index (χ0) is 58.6. The first-order valence-corrected chi connectivity index (χ1v) is 35.7. The summed E-state index contributed by atoms with van der Waals surface area (Å²) >= 11 is 0. The van der Waals surface area contributed by atoms with Crippen molar-refractivity contribution in [2.45, 2.75) is 403 Å². The summed E-state index contributed by atoms with van der Waals surface area (Å²) in [5.41, 5.74) is 0. The number of aliphatic hydroxyl groups is 5. The molecule has 0 aromatic carbocycles. The van der Waals surface area contributed by atoms with Gasteiger partial charge in [-0.3, -0.25) is 4.79 Å². The topological polar surface area (TPSA) is 149 Å². The summed E-state index contributed by atoms with van der Waals surface area (Å²) in [7, 11) is 0. The summed E-state index contributed by atoms with van der Waals surface area (Å²) in [6.45, 7) is 3.79. The number of hydrogen-bond acceptors (Lipinski definition) is 8. The fourth-order valence-electron chi connectivity index (χ4n) is 11.6. The van der Waals surface area contributed by atoms with Crippen molar-refractivity contribution >= 4 is 5.91 Å². The highest BCUT2D eigenvalue weighted by Gasteiger charge is 2.44. The quantitative estimate of drug-likeness (QED) is 0.0261. The van der Waals surface area contributed by atoms with Crippen LogP contribution >= 0.6 is 0 Å². The van der Waals surface area contributed by atoms with Gasteiger partial charge >= 0.3 is 0 Å². The number of carbonyl (C=O) groups is 1. The lowest BCUT2D eigenvalue weighted by molar-refractivity contribution is -0.302. The minimum Gasteiger partial charge on any atom is -0.394 e. The number of rotatable bonds is 63. The zero-order valence-corrected chi connectivity index (χ0v) is 53.6. The van der Waals surface area contributed by atoms with Gasteiger partial charge in [0.1, 0.15) is 24.4 Å². The molecule has 1 amide bonds. The number of unbranched alkanes of at least 4 members (excludes halogenated alkanes) is 49. The summed E-state index contributed by atoms with van der Waals surface area (Å²) in [6, 6.07) is -0.827. The molecule has 0 aromatic heterocycles. The van der Waals surface area contributed by atoms with Crippen LogP contribution in [0.15, 0.2) is 36.5 Å². The predicted molar refractivity (Wildman–Crippen MR) is 346 cm³/mol. The Morgan fingerprint density at radius 2 is 0.704 bits per heavy atom. The Morgan fingerprint density at radius 3 is 1.04 bits per heavy atom. The summed E-state index contributed by atoms with van der Waals surface area (Å²) in [4.78, 5) is 13.1. The molecular formula is C72H137NO8. The molecule has 6 N–H and O–H groups in total. The van der Waals surface area contributed by atoms with Gasteiger partial charge in [-0.25, -0.2) is 0 Å². The molecule has 7 unspecified atom stereocenters. The molecule has 9 heteroatoms. The number of ether oxygens (including phenoxy) is 2. The molecule has 478 valence electrons. The van der Waals surface area contributed by atoms with Crippen molar-refractivity contribution in [3.05, 3.63) is 36.5 Å². The monoisotopic (exact) mass is 1140 g/mol. The Balaban J connectivity index is 2.02. The van der Waals surface area contributed by atoms with E-state index in [0.29, 0.717) is 6.42 Å². The third-order valence-corrected chi connectivity index (χ3v) is 17.2. The van der Waals surface area contributed by atoms with Crippen molar-refractivity contribution in [3.8, 4) is 0 Å². The first kappa shape index (κ1) is 77.4. The average molecular weight is 1140 g/mol. The molecule has 81 heavy (non-hydrogen) atoms. The van der Waals surface area contributed by atoms with E-state index >= 15 is 0 Å². The number of aliphatic hydroxyl groups excluding tert-OH is 5. The molecule has 0 saturated carbocycles. The van der Waals surface area contributed by atoms with Crippen LogP contribution in [0.3, 0.4) is 0 Å². The van der Waals surface area contributed by atoms with E-state index in [4.69, 9.17) is 9.47 Å². The second-order valence-corrected chi connectivity index (χ2v) is 25.0. The van der Waals surface area contributed by atoms with Gasteiger partial charge in [-0.1, -0.05) is 346 Å². The molecule has 1 rings (SSSR count). The minimum atomic E-state index is -1.57. The lowest BCUT2D eigenvalue weighted by Crippen LogP contribution is -2.60. The van der Waals surface area contributed by atoms with E-state index in [1.165, 1.54) is 295 Å². The maximum Gasteiger partial charge on any atom is 0.220 e. The van der Waals surface area contributed by atoms with E-state index in [0.717, 1.165) is 44.9 Å². The average Bonchev–Trinajstić information content (AvgIpc) is 3.47. The first-order chi connectivity index (χ1) is 39.8. The largest absolute Gasteiger partial charge is 0.394 e. The summed E-state index contributed by atoms with van der Waals surface area (Å²) in [5.74, 6) is -0.184. The van der Waals surface area contributed by atoms with Gasteiger partial charge < -0.3 is 40.3 Å². The van der Waals surface area contributed by atoms with Crippen LogP contribution in [0, 0.1) is 0 Å². The molecule has 1 fully saturated rings. The van der Waals surface area contributed by atoms with Crippen molar-refractivity contribution in [2.75, 3.05) is 13.2 Å². The van der Waals surface area contributed by atoms with Gasteiger partial charge in [0.25, 0.3) is 0 Å². The summed E-state index contributed by atoms with van der Waals surface area (Å²) in [5, 5.41) is 54.6. The van der Waals surface area contributed by atoms with E-state index in [9.17, 15) is 30.3 Å². The molecule has 0 spiro atoms. The molecule has 0 aliphatic carbocycles. The highest BCUT2D eigenvalue weighted by molar-refractivity contribution is 5.76. The van der Waals surface area contributed by atoms with Gasteiger partial charge in [-0.15, -0.1) is 0 Å². The van der Waals surface area contributed by atoms with Crippen LogP contribution in [0.25, 0.3) is 0 Å². The standard InChI is InChI=1S/C72H137NO8/c1-3-5-7-9-11-13-15-17-19-21-22-23-24-25-26-27-28-29-30-31-32-33-34-35-36-37-38-39-40-41-42-43-44-46-48-50-52-54-56-58-60-62-68(76)73-65(64-80-72-71(79)70(78)69(77)67(63-74)81-72)66(75)61-59-57-55-53-51-49-47-45-20-18-16-14-12-10-8-6-4-2/h20,45,51,53,59,61,65-67,69-72,74-75,77-79H,3-19,21-44,46-50,52,54-58,60,62-64H2,1-2H3,(H,73,76)/b45-20+,53-51+,61-59+. The van der Waals surface area contributed by atoms with Gasteiger partial charge in [-0.2, -0.15) is 0 Å². The molecule has 0 bridgehead atoms. The molecule has 9 nitrogen and oxygen atoms in total. The molecule has 1 aliphatic rings. The van der Waals surface area contributed by atoms with E-state index in [1.54, 1.807) is 6.08 Å². The number of allylic oxidation sites excluding steroid dienone is 5. The zero-order valence-electron chi connectivity index (χ0n) is 53.6. The Hall–Kier alpha value is -1.59. The maximum absolute atomic E-state index is 13.1. The molecule has 0 radical (unpaired) electrons. The van der Waals surface area contributed by atoms with Crippen LogP contribution in [-0.4, -0.2) is 87.5 Å². The fourth-order valence-corrected chi connectivity index (χ4v) is 11.6. The summed E-state index contributed by atoms with van der Waals surface area (Å²) < 4.78 is 11.3. The fraction of sp³-hybridized carbons (Fsp3) is 0.903. The summed E-state index contributed by atoms with van der Waals surface area (Å²) in [6.07, 6.45) is 75.8. The smallest absolute Gasteiger partial charge is 0.220 e. The van der Waals surface area contributed by atoms with Crippen LogP contribution in [-0.2, 0) is 14.3 Å². The van der Waals surface area contributed by atoms with Gasteiger partial charge in [0.05, 0.1) is 25.4 Å². The van der Waals surface area contributed by atoms with Crippen LogP contribution in [0.2, 0.25) is 0 Å². The number of carbonyl (C=O) groups excluding carboxylic acids is 1. The second-order valence-electron chi connectivity index (χ2n) is 25.0. The van der Waals surface area contributed by atoms with E-state index in [1.807, 2.05) is 6.08 Å². The van der Waals surface area contributed by atoms with E-state index in [2.05, 4.69) is 43.5 Å². The third kappa shape index (κ3) is 50.3. The molecule has 1 saturated heterocycles. The lowest BCUT2D eigenvalue weighted by atomic mass is 9.99. The molecule has 1 heterocycles. The molecule has 1 aliphatic heterocycles. The van der Waals surface area contributed by atoms with Crippen molar-refractivity contribution in [2.24, 2.45) is 0 Å². The Labute approximate surface area is 501 Å². The Kier molecular flexibility index (Phi) is 58.8. The third-order valence-electron chi connectivity index (χ3n) is 17.2. The van der Waals surface area contributed by atoms with Crippen LogP contribution in [0.1, 0.15) is 361 Å². The Morgan fingerprint density at radius 1 is 0.407 bits per heavy atom. The normalized spacial score (nSPS) is 18.5. The van der Waals surface area contributed by atoms with E-state index < -0.39 is 49.5 Å². The molecule has 7 atom stereocenters. The van der Waals surface area contributed by atoms with E-state index in [-0.39, 0.29) is 12.5 Å². The lowest BCUT2D eigenvalue weighted by Gasteiger charge is -2.40. The van der Waals surface area contributed by atoms with Crippen molar-refractivity contribution in [3.63, 3.8) is 0 Å². The van der Waals surface area contributed by atoms with Crippen LogP contribution < -0.4 is 5.32 Å². The van der Waals surface area contributed by atoms with Gasteiger partial charge in [-0.05, 0) is 44.9 Å². The minimum absolute atomic E-state index is 0.184. The van der Waals surface area contributed by atoms with Gasteiger partial charge in [0.2, 0.25) is 5.91 Å². The van der Waals surface area contributed by atoms with Crippen molar-refractivity contribution in [1.82, 2.24) is 5.32 Å². The SMILES string of the molecule is CCCCCCCCC/C=C/CC/C=C/CC/C=C/C(O)C(COC1OC(CO)C(O)C(O)C1O)NC(=O)CCCCCCCCCCCCCCCCCCCCCCCCCCCCCCCCCCCCCCCCCCC. The first-order valence-electron chi connectivity index (χ1n) is 35.7. The Bertz CT molecular complexity index is 1370. The van der Waals surface area contributed by atoms with Crippen molar-refractivity contribution < 1.29 is 39.8 Å². The maximum atomic E-state index is 13.1.